The van der Waals surface area contributed by atoms with Gasteiger partial charge in [-0.1, -0.05) is 31.4 Å². The van der Waals surface area contributed by atoms with Gasteiger partial charge in [0.1, 0.15) is 23.2 Å². The Morgan fingerprint density at radius 2 is 1.54 bits per heavy atom. The number of anilines is 1. The standard InChI is InChI=1S/C27H30N4O4/c1-34-22-12-8-19(9-13-22)25(26(32)30-20-6-4-3-5-7-20)31(21-10-14-23(35-2)15-11-21)27(33)24-18-28-16-17-29-24/h8-18,20,25H,3-7H2,1-2H3,(H,30,32). The Hall–Kier alpha value is -3.94. The van der Waals surface area contributed by atoms with Crippen LogP contribution < -0.4 is 19.7 Å². The van der Waals surface area contributed by atoms with Crippen LogP contribution in [0.5, 0.6) is 11.5 Å². The van der Waals surface area contributed by atoms with Gasteiger partial charge in [-0.3, -0.25) is 19.5 Å². The number of carbonyl (C=O) groups is 2. The van der Waals surface area contributed by atoms with Crippen molar-refractivity contribution in [2.24, 2.45) is 0 Å². The molecule has 0 aliphatic heterocycles. The molecule has 1 fully saturated rings. The summed E-state index contributed by atoms with van der Waals surface area (Å²) in [5, 5.41) is 3.20. The largest absolute Gasteiger partial charge is 0.497 e. The van der Waals surface area contributed by atoms with Crippen LogP contribution in [0.4, 0.5) is 5.69 Å². The van der Waals surface area contributed by atoms with Gasteiger partial charge in [0.05, 0.1) is 20.4 Å². The second-order valence-electron chi connectivity index (χ2n) is 8.48. The first-order chi connectivity index (χ1) is 17.1. The van der Waals surface area contributed by atoms with Gasteiger partial charge in [-0.15, -0.1) is 0 Å². The maximum atomic E-state index is 13.8. The number of amides is 2. The normalized spacial score (nSPS) is 14.6. The van der Waals surface area contributed by atoms with Crippen molar-refractivity contribution in [3.8, 4) is 11.5 Å². The highest BCUT2D eigenvalue weighted by molar-refractivity contribution is 6.09. The first-order valence-corrected chi connectivity index (χ1v) is 11.8. The van der Waals surface area contributed by atoms with E-state index in [0.717, 1.165) is 25.7 Å². The summed E-state index contributed by atoms with van der Waals surface area (Å²) >= 11 is 0. The fourth-order valence-corrected chi connectivity index (χ4v) is 4.39. The third kappa shape index (κ3) is 5.77. The second kappa shape index (κ2) is 11.5. The molecule has 2 amide bonds. The number of methoxy groups -OCH3 is 2. The van der Waals surface area contributed by atoms with Crippen molar-refractivity contribution in [3.05, 3.63) is 78.4 Å². The van der Waals surface area contributed by atoms with Crippen LogP contribution in [-0.4, -0.2) is 42.0 Å². The fourth-order valence-electron chi connectivity index (χ4n) is 4.39. The van der Waals surface area contributed by atoms with Gasteiger partial charge < -0.3 is 14.8 Å². The van der Waals surface area contributed by atoms with Crippen LogP contribution in [0, 0.1) is 0 Å². The molecule has 0 bridgehead atoms. The summed E-state index contributed by atoms with van der Waals surface area (Å²) in [6, 6.07) is 13.4. The third-order valence-corrected chi connectivity index (χ3v) is 6.24. The molecule has 8 nitrogen and oxygen atoms in total. The van der Waals surface area contributed by atoms with E-state index in [4.69, 9.17) is 9.47 Å². The lowest BCUT2D eigenvalue weighted by molar-refractivity contribution is -0.123. The molecule has 182 valence electrons. The molecule has 4 rings (SSSR count). The molecule has 1 N–H and O–H groups in total. The quantitative estimate of drug-likeness (QED) is 0.522. The van der Waals surface area contributed by atoms with Gasteiger partial charge in [-0.2, -0.15) is 0 Å². The van der Waals surface area contributed by atoms with E-state index in [-0.39, 0.29) is 17.6 Å². The van der Waals surface area contributed by atoms with Crippen LogP contribution in [0.15, 0.2) is 67.1 Å². The molecule has 0 radical (unpaired) electrons. The topological polar surface area (TPSA) is 93.7 Å². The van der Waals surface area contributed by atoms with E-state index in [1.54, 1.807) is 50.6 Å². The van der Waals surface area contributed by atoms with Gasteiger partial charge in [0.25, 0.3) is 5.91 Å². The maximum Gasteiger partial charge on any atom is 0.279 e. The Bertz CT molecular complexity index is 1110. The van der Waals surface area contributed by atoms with Crippen LogP contribution in [0.3, 0.4) is 0 Å². The van der Waals surface area contributed by atoms with Crippen LogP contribution >= 0.6 is 0 Å². The molecule has 8 heteroatoms. The summed E-state index contributed by atoms with van der Waals surface area (Å²) in [5.41, 5.74) is 1.35. The highest BCUT2D eigenvalue weighted by atomic mass is 16.5. The smallest absolute Gasteiger partial charge is 0.279 e. The highest BCUT2D eigenvalue weighted by Gasteiger charge is 2.35. The number of nitrogens with one attached hydrogen (secondary N) is 1. The lowest BCUT2D eigenvalue weighted by Gasteiger charge is -2.33. The highest BCUT2D eigenvalue weighted by Crippen LogP contribution is 2.32. The second-order valence-corrected chi connectivity index (χ2v) is 8.48. The number of benzene rings is 2. The number of rotatable bonds is 8. The maximum absolute atomic E-state index is 13.8. The molecule has 0 saturated heterocycles. The van der Waals surface area contributed by atoms with Crippen LogP contribution in [-0.2, 0) is 4.79 Å². The molecule has 2 aromatic carbocycles. The van der Waals surface area contributed by atoms with Gasteiger partial charge in [-0.25, -0.2) is 4.98 Å². The number of hydrogen-bond donors (Lipinski definition) is 1. The number of nitrogens with zero attached hydrogens (tertiary/aromatic N) is 3. The summed E-state index contributed by atoms with van der Waals surface area (Å²) in [7, 11) is 3.17. The molecule has 1 saturated carbocycles. The van der Waals surface area contributed by atoms with Crippen LogP contribution in [0.1, 0.15) is 54.2 Å². The Morgan fingerprint density at radius 3 is 2.11 bits per heavy atom. The van der Waals surface area contributed by atoms with Gasteiger partial charge in [0, 0.05) is 24.1 Å². The minimum Gasteiger partial charge on any atom is -0.497 e. The Morgan fingerprint density at radius 1 is 0.914 bits per heavy atom. The SMILES string of the molecule is COc1ccc(C(C(=O)NC2CCCCC2)N(C(=O)c2cnccn2)c2ccc(OC)cc2)cc1. The van der Waals surface area contributed by atoms with Gasteiger partial charge in [0.2, 0.25) is 5.91 Å². The van der Waals surface area contributed by atoms with E-state index in [0.29, 0.717) is 22.7 Å². The Kier molecular flexibility index (Phi) is 7.92. The molecule has 1 aliphatic carbocycles. The minimum atomic E-state index is -0.925. The molecule has 35 heavy (non-hydrogen) atoms. The zero-order chi connectivity index (χ0) is 24.6. The molecular formula is C27H30N4O4. The van der Waals surface area contributed by atoms with Gasteiger partial charge in [-0.05, 0) is 54.8 Å². The van der Waals surface area contributed by atoms with Crippen molar-refractivity contribution in [2.75, 3.05) is 19.1 Å². The van der Waals surface area contributed by atoms with Crippen molar-refractivity contribution in [2.45, 2.75) is 44.2 Å². The zero-order valence-corrected chi connectivity index (χ0v) is 20.0. The van der Waals surface area contributed by atoms with Crippen molar-refractivity contribution in [1.29, 1.82) is 0 Å². The lowest BCUT2D eigenvalue weighted by atomic mass is 9.94. The summed E-state index contributed by atoms with van der Waals surface area (Å²) in [6.45, 7) is 0. The molecule has 1 atom stereocenters. The molecule has 3 aromatic rings. The Labute approximate surface area is 205 Å². The first-order valence-electron chi connectivity index (χ1n) is 11.8. The summed E-state index contributed by atoms with van der Waals surface area (Å²) in [4.78, 5) is 37.4. The van der Waals surface area contributed by atoms with Crippen molar-refractivity contribution in [1.82, 2.24) is 15.3 Å². The number of carbonyl (C=O) groups excluding carboxylic acids is 2. The molecule has 1 heterocycles. The molecule has 0 spiro atoms. The molecule has 1 aromatic heterocycles. The predicted molar refractivity (Wildman–Crippen MR) is 133 cm³/mol. The average molecular weight is 475 g/mol. The monoisotopic (exact) mass is 474 g/mol. The lowest BCUT2D eigenvalue weighted by Crippen LogP contribution is -2.47. The minimum absolute atomic E-state index is 0.0846. The number of aromatic nitrogens is 2. The molecular weight excluding hydrogens is 444 g/mol. The van der Waals surface area contributed by atoms with E-state index in [2.05, 4.69) is 15.3 Å². The van der Waals surface area contributed by atoms with E-state index in [1.807, 2.05) is 12.1 Å². The number of ether oxygens (including phenoxy) is 2. The van der Waals surface area contributed by atoms with Crippen molar-refractivity contribution in [3.63, 3.8) is 0 Å². The van der Waals surface area contributed by atoms with E-state index >= 15 is 0 Å². The summed E-state index contributed by atoms with van der Waals surface area (Å²) < 4.78 is 10.6. The fraction of sp³-hybridized carbons (Fsp3) is 0.333. The van der Waals surface area contributed by atoms with Crippen molar-refractivity contribution < 1.29 is 19.1 Å². The first kappa shape index (κ1) is 24.2. The molecule has 1 unspecified atom stereocenters. The van der Waals surface area contributed by atoms with E-state index in [9.17, 15) is 9.59 Å². The average Bonchev–Trinajstić information content (AvgIpc) is 2.92. The Balaban J connectivity index is 1.79. The zero-order valence-electron chi connectivity index (χ0n) is 20.0. The third-order valence-electron chi connectivity index (χ3n) is 6.24. The van der Waals surface area contributed by atoms with Gasteiger partial charge in [0.15, 0.2) is 0 Å². The van der Waals surface area contributed by atoms with Crippen LogP contribution in [0.25, 0.3) is 0 Å². The van der Waals surface area contributed by atoms with Crippen LogP contribution in [0.2, 0.25) is 0 Å². The summed E-state index contributed by atoms with van der Waals surface area (Å²) in [6.07, 6.45) is 9.58. The van der Waals surface area contributed by atoms with E-state index < -0.39 is 11.9 Å². The summed E-state index contributed by atoms with van der Waals surface area (Å²) in [5.74, 6) is 0.641. The van der Waals surface area contributed by atoms with Crippen molar-refractivity contribution >= 4 is 17.5 Å². The predicted octanol–water partition coefficient (Wildman–Crippen LogP) is 4.33. The molecule has 1 aliphatic rings. The number of hydrogen-bond acceptors (Lipinski definition) is 6. The van der Waals surface area contributed by atoms with Gasteiger partial charge >= 0.3 is 0 Å². The van der Waals surface area contributed by atoms with E-state index in [1.165, 1.54) is 29.9 Å².